The standard InChI is InChI=1S/C16H17NO5S2/c1-4-11(15(19)20)17-14(18)13(24-16(17)23)7-9-5-6-10(21-2)8-12(9)22-3/h5-8,11H,4H2,1-3H3,(H,19,20)/p-1/b13-7+/t11-/m1/s1. The number of carbonyl (C=O) groups is 2. The zero-order chi connectivity index (χ0) is 17.9. The molecule has 1 amide bonds. The lowest BCUT2D eigenvalue weighted by molar-refractivity contribution is -0.310. The van der Waals surface area contributed by atoms with Gasteiger partial charge in [0.2, 0.25) is 0 Å². The van der Waals surface area contributed by atoms with Crippen molar-refractivity contribution < 1.29 is 24.2 Å². The molecule has 0 radical (unpaired) electrons. The Morgan fingerprint density at radius 3 is 2.67 bits per heavy atom. The molecule has 1 aliphatic rings. The lowest BCUT2D eigenvalue weighted by atomic mass is 10.1. The molecule has 1 aliphatic heterocycles. The van der Waals surface area contributed by atoms with Gasteiger partial charge >= 0.3 is 0 Å². The summed E-state index contributed by atoms with van der Waals surface area (Å²) in [5.41, 5.74) is 0.667. The second kappa shape index (κ2) is 7.67. The van der Waals surface area contributed by atoms with Crippen molar-refractivity contribution in [2.45, 2.75) is 19.4 Å². The van der Waals surface area contributed by atoms with Crippen molar-refractivity contribution in [2.75, 3.05) is 14.2 Å². The van der Waals surface area contributed by atoms with Gasteiger partial charge in [0.15, 0.2) is 0 Å². The molecule has 0 aromatic heterocycles. The summed E-state index contributed by atoms with van der Waals surface area (Å²) in [5, 5.41) is 11.2. The van der Waals surface area contributed by atoms with Crippen LogP contribution in [0.15, 0.2) is 23.1 Å². The zero-order valence-electron chi connectivity index (χ0n) is 13.4. The van der Waals surface area contributed by atoms with Gasteiger partial charge in [-0.05, 0) is 24.6 Å². The number of aliphatic carboxylic acids is 1. The number of hydrogen-bond donors (Lipinski definition) is 0. The van der Waals surface area contributed by atoms with Gasteiger partial charge in [-0.3, -0.25) is 9.69 Å². The van der Waals surface area contributed by atoms with E-state index in [9.17, 15) is 14.7 Å². The third-order valence-corrected chi connectivity index (χ3v) is 4.85. The van der Waals surface area contributed by atoms with Gasteiger partial charge in [-0.15, -0.1) is 0 Å². The monoisotopic (exact) mass is 366 g/mol. The van der Waals surface area contributed by atoms with Gasteiger partial charge in [-0.1, -0.05) is 30.9 Å². The van der Waals surface area contributed by atoms with Crippen LogP contribution < -0.4 is 14.6 Å². The van der Waals surface area contributed by atoms with Crippen LogP contribution >= 0.6 is 24.0 Å². The summed E-state index contributed by atoms with van der Waals surface area (Å²) in [6, 6.07) is 4.12. The van der Waals surface area contributed by atoms with Crippen LogP contribution in [0.4, 0.5) is 0 Å². The number of carbonyl (C=O) groups excluding carboxylic acids is 2. The van der Waals surface area contributed by atoms with Crippen molar-refractivity contribution in [3.8, 4) is 11.5 Å². The lowest BCUT2D eigenvalue weighted by Gasteiger charge is -2.26. The first-order valence-electron chi connectivity index (χ1n) is 7.12. The number of carboxylic acid groups (broad SMARTS) is 1. The summed E-state index contributed by atoms with van der Waals surface area (Å²) < 4.78 is 10.6. The molecule has 24 heavy (non-hydrogen) atoms. The highest BCUT2D eigenvalue weighted by Crippen LogP contribution is 2.36. The molecule has 0 saturated carbocycles. The molecule has 1 fully saturated rings. The van der Waals surface area contributed by atoms with E-state index in [4.69, 9.17) is 21.7 Å². The summed E-state index contributed by atoms with van der Waals surface area (Å²) >= 11 is 6.22. The third-order valence-electron chi connectivity index (χ3n) is 3.52. The molecule has 8 heteroatoms. The molecule has 0 unspecified atom stereocenters. The van der Waals surface area contributed by atoms with Gasteiger partial charge < -0.3 is 19.4 Å². The summed E-state index contributed by atoms with van der Waals surface area (Å²) in [6.45, 7) is 1.66. The molecule has 1 aromatic carbocycles. The average molecular weight is 366 g/mol. The second-order valence-corrected chi connectivity index (χ2v) is 6.58. The molecule has 1 heterocycles. The molecule has 6 nitrogen and oxygen atoms in total. The van der Waals surface area contributed by atoms with Gasteiger partial charge in [-0.25, -0.2) is 0 Å². The Balaban J connectivity index is 2.37. The van der Waals surface area contributed by atoms with Gasteiger partial charge in [-0.2, -0.15) is 0 Å². The minimum atomic E-state index is -1.32. The minimum Gasteiger partial charge on any atom is -0.548 e. The Morgan fingerprint density at radius 2 is 2.12 bits per heavy atom. The SMILES string of the molecule is CC[C@H](C(=O)[O-])N1C(=O)/C(=C\c2ccc(OC)cc2OC)SC1=S. The van der Waals surface area contributed by atoms with E-state index >= 15 is 0 Å². The number of ether oxygens (including phenoxy) is 2. The van der Waals surface area contributed by atoms with Crippen LogP contribution in [-0.4, -0.2) is 41.4 Å². The van der Waals surface area contributed by atoms with Gasteiger partial charge in [0.25, 0.3) is 5.91 Å². The van der Waals surface area contributed by atoms with Crippen LogP contribution in [0.1, 0.15) is 18.9 Å². The van der Waals surface area contributed by atoms with E-state index in [1.54, 1.807) is 38.3 Å². The van der Waals surface area contributed by atoms with E-state index < -0.39 is 17.9 Å². The summed E-state index contributed by atoms with van der Waals surface area (Å²) in [5.74, 6) is -0.609. The molecule has 0 aliphatic carbocycles. The highest BCUT2D eigenvalue weighted by molar-refractivity contribution is 8.26. The van der Waals surface area contributed by atoms with E-state index in [-0.39, 0.29) is 10.7 Å². The summed E-state index contributed by atoms with van der Waals surface area (Å²) in [7, 11) is 3.06. The number of rotatable bonds is 6. The first-order valence-corrected chi connectivity index (χ1v) is 8.35. The molecule has 1 atom stereocenters. The Labute approximate surface area is 149 Å². The average Bonchev–Trinajstić information content (AvgIpc) is 2.83. The molecule has 0 N–H and O–H groups in total. The second-order valence-electron chi connectivity index (χ2n) is 4.90. The Morgan fingerprint density at radius 1 is 1.42 bits per heavy atom. The fourth-order valence-electron chi connectivity index (χ4n) is 2.28. The van der Waals surface area contributed by atoms with Crippen LogP contribution in [0.3, 0.4) is 0 Å². The third kappa shape index (κ3) is 3.54. The van der Waals surface area contributed by atoms with E-state index in [2.05, 4.69) is 0 Å². The van der Waals surface area contributed by atoms with Crippen LogP contribution in [0, 0.1) is 0 Å². The Kier molecular flexibility index (Phi) is 5.84. The predicted molar refractivity (Wildman–Crippen MR) is 93.6 cm³/mol. The van der Waals surface area contributed by atoms with Crippen molar-refractivity contribution in [3.05, 3.63) is 28.7 Å². The molecular formula is C16H16NO5S2-. The number of carboxylic acids is 1. The lowest BCUT2D eigenvalue weighted by Crippen LogP contribution is -2.49. The maximum absolute atomic E-state index is 12.5. The van der Waals surface area contributed by atoms with Crippen molar-refractivity contribution in [1.82, 2.24) is 4.90 Å². The Hall–Kier alpha value is -2.06. The quantitative estimate of drug-likeness (QED) is 0.557. The van der Waals surface area contributed by atoms with Gasteiger partial charge in [0, 0.05) is 11.6 Å². The first-order chi connectivity index (χ1) is 11.4. The molecule has 2 rings (SSSR count). The highest BCUT2D eigenvalue weighted by atomic mass is 32.2. The fourth-order valence-corrected chi connectivity index (χ4v) is 3.63. The van der Waals surface area contributed by atoms with E-state index in [0.717, 1.165) is 16.7 Å². The number of methoxy groups -OCH3 is 2. The van der Waals surface area contributed by atoms with Crippen LogP contribution in [0.25, 0.3) is 6.08 Å². The topological polar surface area (TPSA) is 78.9 Å². The van der Waals surface area contributed by atoms with Crippen molar-refractivity contribution in [1.29, 1.82) is 0 Å². The van der Waals surface area contributed by atoms with E-state index in [1.807, 2.05) is 0 Å². The Bertz CT molecular complexity index is 716. The number of nitrogens with zero attached hydrogens (tertiary/aromatic N) is 1. The predicted octanol–water partition coefficient (Wildman–Crippen LogP) is 1.43. The van der Waals surface area contributed by atoms with Gasteiger partial charge in [0.05, 0.1) is 31.1 Å². The molecule has 0 spiro atoms. The van der Waals surface area contributed by atoms with Crippen LogP contribution in [0.5, 0.6) is 11.5 Å². The maximum atomic E-state index is 12.5. The number of hydrogen-bond acceptors (Lipinski definition) is 7. The first kappa shape index (κ1) is 18.3. The molecule has 1 saturated heterocycles. The smallest absolute Gasteiger partial charge is 0.266 e. The summed E-state index contributed by atoms with van der Waals surface area (Å²) in [4.78, 5) is 25.2. The van der Waals surface area contributed by atoms with Crippen LogP contribution in [-0.2, 0) is 9.59 Å². The number of benzene rings is 1. The number of thioether (sulfide) groups is 1. The van der Waals surface area contributed by atoms with E-state index in [0.29, 0.717) is 22.0 Å². The van der Waals surface area contributed by atoms with Crippen molar-refractivity contribution in [3.63, 3.8) is 0 Å². The van der Waals surface area contributed by atoms with Crippen LogP contribution in [0.2, 0.25) is 0 Å². The maximum Gasteiger partial charge on any atom is 0.266 e. The molecule has 128 valence electrons. The van der Waals surface area contributed by atoms with E-state index in [1.165, 1.54) is 7.11 Å². The fraction of sp³-hybridized carbons (Fsp3) is 0.312. The number of thiocarbonyl (C=S) groups is 1. The van der Waals surface area contributed by atoms with Gasteiger partial charge in [0.1, 0.15) is 15.8 Å². The molecular weight excluding hydrogens is 350 g/mol. The molecule has 1 aromatic rings. The van der Waals surface area contributed by atoms with Crippen molar-refractivity contribution in [2.24, 2.45) is 0 Å². The number of amides is 1. The van der Waals surface area contributed by atoms with Crippen molar-refractivity contribution >= 4 is 46.3 Å². The minimum absolute atomic E-state index is 0.203. The highest BCUT2D eigenvalue weighted by Gasteiger charge is 2.37. The molecule has 0 bridgehead atoms. The summed E-state index contributed by atoms with van der Waals surface area (Å²) in [6.07, 6.45) is 1.84. The normalized spacial score (nSPS) is 17.3. The largest absolute Gasteiger partial charge is 0.548 e. The zero-order valence-corrected chi connectivity index (χ0v) is 15.0.